The Morgan fingerprint density at radius 2 is 1.88 bits per heavy atom. The van der Waals surface area contributed by atoms with E-state index in [1.165, 1.54) is 0 Å². The molecule has 0 aliphatic carbocycles. The van der Waals surface area contributed by atoms with E-state index in [4.69, 9.17) is 14.2 Å². The van der Waals surface area contributed by atoms with Crippen molar-refractivity contribution in [3.63, 3.8) is 0 Å². The second kappa shape index (κ2) is 5.36. The molecule has 1 rings (SSSR count). The monoisotopic (exact) mass is 262 g/mol. The SMILES string of the molecule is COC1OC[C@H](OC)[C@H]1CC(C)(C)[Si](C)(C)O. The Balaban J connectivity index is 2.77. The first-order chi connectivity index (χ1) is 7.73. The molecule has 1 aliphatic heterocycles. The van der Waals surface area contributed by atoms with E-state index in [1.807, 2.05) is 13.1 Å². The van der Waals surface area contributed by atoms with Crippen molar-refractivity contribution in [1.82, 2.24) is 0 Å². The molecule has 17 heavy (non-hydrogen) atoms. The Morgan fingerprint density at radius 3 is 2.29 bits per heavy atom. The van der Waals surface area contributed by atoms with Gasteiger partial charge in [0.15, 0.2) is 14.6 Å². The molecule has 0 radical (unpaired) electrons. The highest BCUT2D eigenvalue weighted by molar-refractivity contribution is 6.72. The van der Waals surface area contributed by atoms with Crippen LogP contribution in [0.25, 0.3) is 0 Å². The number of ether oxygens (including phenoxy) is 3. The normalized spacial score (nSPS) is 30.9. The van der Waals surface area contributed by atoms with Gasteiger partial charge in [-0.1, -0.05) is 13.8 Å². The van der Waals surface area contributed by atoms with E-state index >= 15 is 0 Å². The second-order valence-electron chi connectivity index (χ2n) is 6.02. The summed E-state index contributed by atoms with van der Waals surface area (Å²) in [6.45, 7) is 8.77. The summed E-state index contributed by atoms with van der Waals surface area (Å²) < 4.78 is 16.4. The lowest BCUT2D eigenvalue weighted by atomic mass is 9.92. The van der Waals surface area contributed by atoms with Gasteiger partial charge in [0.1, 0.15) is 0 Å². The fraction of sp³-hybridized carbons (Fsp3) is 1.00. The quantitative estimate of drug-likeness (QED) is 0.770. The summed E-state index contributed by atoms with van der Waals surface area (Å²) in [6.07, 6.45) is 0.714. The van der Waals surface area contributed by atoms with Gasteiger partial charge in [0.25, 0.3) is 0 Å². The molecule has 0 aromatic carbocycles. The highest BCUT2D eigenvalue weighted by Gasteiger charge is 2.46. The van der Waals surface area contributed by atoms with Crippen LogP contribution in [-0.4, -0.2) is 46.3 Å². The Morgan fingerprint density at radius 1 is 1.29 bits per heavy atom. The average molecular weight is 262 g/mol. The van der Waals surface area contributed by atoms with Gasteiger partial charge in [0.05, 0.1) is 12.7 Å². The highest BCUT2D eigenvalue weighted by atomic mass is 28.4. The van der Waals surface area contributed by atoms with Crippen LogP contribution in [0.5, 0.6) is 0 Å². The van der Waals surface area contributed by atoms with Crippen LogP contribution in [0.1, 0.15) is 20.3 Å². The minimum atomic E-state index is -2.20. The molecule has 1 heterocycles. The third kappa shape index (κ3) is 3.29. The van der Waals surface area contributed by atoms with Gasteiger partial charge in [-0.15, -0.1) is 0 Å². The average Bonchev–Trinajstić information content (AvgIpc) is 2.57. The number of hydrogen-bond donors (Lipinski definition) is 1. The van der Waals surface area contributed by atoms with Crippen molar-refractivity contribution < 1.29 is 19.0 Å². The van der Waals surface area contributed by atoms with Crippen molar-refractivity contribution >= 4 is 8.32 Å². The van der Waals surface area contributed by atoms with Gasteiger partial charge in [-0.2, -0.15) is 0 Å². The van der Waals surface area contributed by atoms with Crippen molar-refractivity contribution in [2.24, 2.45) is 5.92 Å². The van der Waals surface area contributed by atoms with E-state index < -0.39 is 8.32 Å². The minimum absolute atomic E-state index is 0.0653. The summed E-state index contributed by atoms with van der Waals surface area (Å²) >= 11 is 0. The minimum Gasteiger partial charge on any atom is -0.432 e. The molecule has 0 bridgehead atoms. The molecule has 0 aromatic heterocycles. The first kappa shape index (κ1) is 15.1. The predicted octanol–water partition coefficient (Wildman–Crippen LogP) is 1.99. The molecule has 1 saturated heterocycles. The maximum Gasteiger partial charge on any atom is 0.188 e. The fourth-order valence-corrected chi connectivity index (χ4v) is 2.90. The van der Waals surface area contributed by atoms with E-state index in [1.54, 1.807) is 14.2 Å². The lowest BCUT2D eigenvalue weighted by Crippen LogP contribution is -2.42. The largest absolute Gasteiger partial charge is 0.432 e. The van der Waals surface area contributed by atoms with Gasteiger partial charge in [0, 0.05) is 20.1 Å². The van der Waals surface area contributed by atoms with E-state index in [0.29, 0.717) is 6.61 Å². The van der Waals surface area contributed by atoms with Gasteiger partial charge < -0.3 is 19.0 Å². The lowest BCUT2D eigenvalue weighted by Gasteiger charge is -2.38. The molecule has 0 saturated carbocycles. The first-order valence-corrected chi connectivity index (χ1v) is 9.07. The molecule has 0 aromatic rings. The predicted molar refractivity (Wildman–Crippen MR) is 69.4 cm³/mol. The van der Waals surface area contributed by atoms with Crippen LogP contribution in [0.2, 0.25) is 18.1 Å². The van der Waals surface area contributed by atoms with Crippen molar-refractivity contribution in [2.75, 3.05) is 20.8 Å². The Labute approximate surface area is 105 Å². The number of rotatable bonds is 5. The first-order valence-electron chi connectivity index (χ1n) is 6.12. The molecule has 1 fully saturated rings. The Hall–Kier alpha value is 0.0569. The third-order valence-electron chi connectivity index (χ3n) is 4.19. The number of methoxy groups -OCH3 is 2. The van der Waals surface area contributed by atoms with Gasteiger partial charge in [-0.25, -0.2) is 0 Å². The smallest absolute Gasteiger partial charge is 0.188 e. The van der Waals surface area contributed by atoms with E-state index in [-0.39, 0.29) is 23.4 Å². The van der Waals surface area contributed by atoms with Crippen LogP contribution in [-0.2, 0) is 14.2 Å². The van der Waals surface area contributed by atoms with E-state index in [2.05, 4.69) is 13.8 Å². The molecule has 4 nitrogen and oxygen atoms in total. The van der Waals surface area contributed by atoms with Crippen LogP contribution in [0.4, 0.5) is 0 Å². The Kier molecular flexibility index (Phi) is 4.77. The molecule has 1 aliphatic rings. The van der Waals surface area contributed by atoms with Crippen LogP contribution >= 0.6 is 0 Å². The third-order valence-corrected chi connectivity index (χ3v) is 7.71. The summed E-state index contributed by atoms with van der Waals surface area (Å²) in [6, 6.07) is 0. The molecule has 1 N–H and O–H groups in total. The van der Waals surface area contributed by atoms with Crippen LogP contribution in [0.15, 0.2) is 0 Å². The molecular formula is C12H26O4Si. The zero-order valence-electron chi connectivity index (χ0n) is 11.8. The van der Waals surface area contributed by atoms with Crippen molar-refractivity contribution in [3.05, 3.63) is 0 Å². The highest BCUT2D eigenvalue weighted by Crippen LogP contribution is 2.45. The zero-order valence-corrected chi connectivity index (χ0v) is 12.8. The lowest BCUT2D eigenvalue weighted by molar-refractivity contribution is -0.113. The summed E-state index contributed by atoms with van der Waals surface area (Å²) in [5, 5.41) is -0.0844. The van der Waals surface area contributed by atoms with Gasteiger partial charge in [-0.3, -0.25) is 0 Å². The second-order valence-corrected chi connectivity index (χ2v) is 10.5. The molecule has 0 amide bonds. The van der Waals surface area contributed by atoms with E-state index in [0.717, 1.165) is 6.42 Å². The molecule has 102 valence electrons. The van der Waals surface area contributed by atoms with Gasteiger partial charge in [0.2, 0.25) is 0 Å². The number of hydrogen-bond acceptors (Lipinski definition) is 4. The van der Waals surface area contributed by atoms with Crippen LogP contribution < -0.4 is 0 Å². The summed E-state index contributed by atoms with van der Waals surface area (Å²) in [5.41, 5.74) is 0. The molecule has 5 heteroatoms. The summed E-state index contributed by atoms with van der Waals surface area (Å²) in [4.78, 5) is 10.3. The van der Waals surface area contributed by atoms with Gasteiger partial charge in [-0.05, 0) is 24.6 Å². The summed E-state index contributed by atoms with van der Waals surface area (Å²) in [5.74, 6) is 0.193. The zero-order chi connectivity index (χ0) is 13.3. The van der Waals surface area contributed by atoms with Crippen LogP contribution in [0.3, 0.4) is 0 Å². The van der Waals surface area contributed by atoms with Gasteiger partial charge >= 0.3 is 0 Å². The van der Waals surface area contributed by atoms with E-state index in [9.17, 15) is 4.80 Å². The Bertz CT molecular complexity index is 237. The maximum atomic E-state index is 10.3. The summed E-state index contributed by atoms with van der Waals surface area (Å²) in [7, 11) is 1.16. The maximum absolute atomic E-state index is 10.3. The van der Waals surface area contributed by atoms with Crippen molar-refractivity contribution in [1.29, 1.82) is 0 Å². The standard InChI is InChI=1S/C12H26O4Si/c1-12(2,17(5,6)13)7-9-10(14-3)8-16-11(9)15-4/h9-11,13H,7-8H2,1-6H3/t9-,10+,11?/m1/s1. The molecule has 0 spiro atoms. The topological polar surface area (TPSA) is 47.9 Å². The molecule has 3 atom stereocenters. The van der Waals surface area contributed by atoms with Crippen molar-refractivity contribution in [2.45, 2.75) is 50.8 Å². The fourth-order valence-electron chi connectivity index (χ4n) is 2.16. The molecular weight excluding hydrogens is 236 g/mol. The molecule has 1 unspecified atom stereocenters. The van der Waals surface area contributed by atoms with Crippen molar-refractivity contribution in [3.8, 4) is 0 Å². The van der Waals surface area contributed by atoms with Crippen LogP contribution in [0, 0.1) is 5.92 Å².